The molecule has 0 saturated heterocycles. The Kier molecular flexibility index (Phi) is 3.47. The summed E-state index contributed by atoms with van der Waals surface area (Å²) in [4.78, 5) is 1.83. The standard InChI is InChI=1S/C6H2Cl2F3NO2S/c7-5-2(9)1-3(15(8,13)14)4(12-5)6(10)11/h1,6H. The second-order valence-corrected chi connectivity index (χ2v) is 5.28. The molecule has 3 nitrogen and oxygen atoms in total. The molecule has 0 spiro atoms. The second kappa shape index (κ2) is 4.15. The number of hydrogen-bond acceptors (Lipinski definition) is 3. The van der Waals surface area contributed by atoms with Gasteiger partial charge in [0.15, 0.2) is 11.0 Å². The van der Waals surface area contributed by atoms with Crippen molar-refractivity contribution in [2.24, 2.45) is 0 Å². The molecule has 15 heavy (non-hydrogen) atoms. The van der Waals surface area contributed by atoms with Gasteiger partial charge in [-0.3, -0.25) is 0 Å². The van der Waals surface area contributed by atoms with E-state index in [0.29, 0.717) is 6.07 Å². The van der Waals surface area contributed by atoms with Gasteiger partial charge in [0.05, 0.1) is 0 Å². The molecule has 0 aromatic carbocycles. The highest BCUT2D eigenvalue weighted by atomic mass is 35.7. The normalized spacial score (nSPS) is 12.1. The lowest BCUT2D eigenvalue weighted by Gasteiger charge is -2.05. The average molecular weight is 280 g/mol. The first kappa shape index (κ1) is 12.5. The number of alkyl halides is 2. The van der Waals surface area contributed by atoms with Crippen LogP contribution in [0.5, 0.6) is 0 Å². The van der Waals surface area contributed by atoms with Gasteiger partial charge in [0.1, 0.15) is 10.6 Å². The van der Waals surface area contributed by atoms with Crippen molar-refractivity contribution in [2.75, 3.05) is 0 Å². The molecule has 0 radical (unpaired) electrons. The van der Waals surface area contributed by atoms with E-state index in [9.17, 15) is 21.6 Å². The molecule has 1 aromatic heterocycles. The Morgan fingerprint density at radius 3 is 2.33 bits per heavy atom. The van der Waals surface area contributed by atoms with Crippen LogP contribution in [0.4, 0.5) is 13.2 Å². The molecule has 0 unspecified atom stereocenters. The number of pyridine rings is 1. The molecule has 1 rings (SSSR count). The van der Waals surface area contributed by atoms with Crippen LogP contribution in [0.3, 0.4) is 0 Å². The van der Waals surface area contributed by atoms with Gasteiger partial charge < -0.3 is 0 Å². The fourth-order valence-electron chi connectivity index (χ4n) is 0.814. The van der Waals surface area contributed by atoms with Crippen molar-refractivity contribution in [2.45, 2.75) is 11.3 Å². The zero-order valence-corrected chi connectivity index (χ0v) is 9.04. The number of aromatic nitrogens is 1. The summed E-state index contributed by atoms with van der Waals surface area (Å²) in [5.41, 5.74) is -1.17. The number of halogens is 5. The van der Waals surface area contributed by atoms with Crippen molar-refractivity contribution in [1.29, 1.82) is 0 Å². The predicted molar refractivity (Wildman–Crippen MR) is 47.2 cm³/mol. The molecular formula is C6H2Cl2F3NO2S. The Hall–Kier alpha value is -0.530. The van der Waals surface area contributed by atoms with Gasteiger partial charge in [-0.15, -0.1) is 0 Å². The zero-order valence-electron chi connectivity index (χ0n) is 6.72. The maximum atomic E-state index is 12.8. The van der Waals surface area contributed by atoms with Crippen LogP contribution in [0.15, 0.2) is 11.0 Å². The molecule has 84 valence electrons. The van der Waals surface area contributed by atoms with Gasteiger partial charge in [-0.1, -0.05) is 11.6 Å². The molecule has 0 saturated carbocycles. The highest BCUT2D eigenvalue weighted by molar-refractivity contribution is 8.13. The van der Waals surface area contributed by atoms with Crippen LogP contribution in [0, 0.1) is 5.82 Å². The van der Waals surface area contributed by atoms with E-state index in [2.05, 4.69) is 4.98 Å². The molecule has 1 heterocycles. The summed E-state index contributed by atoms with van der Waals surface area (Å²) in [6, 6.07) is 0.305. The minimum absolute atomic E-state index is 0.305. The van der Waals surface area contributed by atoms with E-state index in [0.717, 1.165) is 0 Å². The smallest absolute Gasteiger partial charge is 0.231 e. The fraction of sp³-hybridized carbons (Fsp3) is 0.167. The first-order valence-corrected chi connectivity index (χ1v) is 6.01. The zero-order chi connectivity index (χ0) is 11.8. The third-order valence-electron chi connectivity index (χ3n) is 1.40. The minimum Gasteiger partial charge on any atom is -0.231 e. The van der Waals surface area contributed by atoms with Crippen molar-refractivity contribution in [3.05, 3.63) is 22.7 Å². The SMILES string of the molecule is O=S(=O)(Cl)c1cc(F)c(Cl)nc1C(F)F. The van der Waals surface area contributed by atoms with Crippen LogP contribution >= 0.6 is 22.3 Å². The molecule has 0 aliphatic rings. The van der Waals surface area contributed by atoms with Gasteiger partial charge in [-0.25, -0.2) is 26.6 Å². The number of rotatable bonds is 2. The van der Waals surface area contributed by atoms with Crippen LogP contribution < -0.4 is 0 Å². The quantitative estimate of drug-likeness (QED) is 0.618. The number of hydrogen-bond donors (Lipinski definition) is 0. The van der Waals surface area contributed by atoms with Crippen LogP contribution in [0.1, 0.15) is 12.1 Å². The van der Waals surface area contributed by atoms with Crippen LogP contribution in [-0.2, 0) is 9.05 Å². The molecular weight excluding hydrogens is 278 g/mol. The summed E-state index contributed by atoms with van der Waals surface area (Å²) in [7, 11) is 0.335. The summed E-state index contributed by atoms with van der Waals surface area (Å²) in [5.74, 6) is -1.24. The molecule has 0 N–H and O–H groups in total. The van der Waals surface area contributed by atoms with E-state index < -0.39 is 37.0 Å². The predicted octanol–water partition coefficient (Wildman–Crippen LogP) is 2.74. The molecule has 0 atom stereocenters. The topological polar surface area (TPSA) is 47.0 Å². The lowest BCUT2D eigenvalue weighted by atomic mass is 10.3. The van der Waals surface area contributed by atoms with Crippen molar-refractivity contribution in [3.63, 3.8) is 0 Å². The van der Waals surface area contributed by atoms with Gasteiger partial charge in [0.2, 0.25) is 0 Å². The average Bonchev–Trinajstić information content (AvgIpc) is 2.06. The van der Waals surface area contributed by atoms with Crippen LogP contribution in [-0.4, -0.2) is 13.4 Å². The van der Waals surface area contributed by atoms with E-state index in [-0.39, 0.29) is 0 Å². The summed E-state index contributed by atoms with van der Waals surface area (Å²) in [6.07, 6.45) is -3.22. The number of nitrogens with zero attached hydrogens (tertiary/aromatic N) is 1. The second-order valence-electron chi connectivity index (χ2n) is 2.38. The van der Waals surface area contributed by atoms with E-state index in [4.69, 9.17) is 22.3 Å². The van der Waals surface area contributed by atoms with Gasteiger partial charge >= 0.3 is 0 Å². The van der Waals surface area contributed by atoms with E-state index in [1.54, 1.807) is 0 Å². The largest absolute Gasteiger partial charge is 0.281 e. The Morgan fingerprint density at radius 2 is 1.93 bits per heavy atom. The Balaban J connectivity index is 3.56. The maximum absolute atomic E-state index is 12.8. The molecule has 0 bridgehead atoms. The van der Waals surface area contributed by atoms with Gasteiger partial charge in [-0.2, -0.15) is 0 Å². The van der Waals surface area contributed by atoms with Crippen molar-refractivity contribution >= 4 is 31.3 Å². The van der Waals surface area contributed by atoms with Crippen LogP contribution in [0.25, 0.3) is 0 Å². The van der Waals surface area contributed by atoms with Gasteiger partial charge in [0, 0.05) is 10.7 Å². The Labute approximate surface area is 92.2 Å². The summed E-state index contributed by atoms with van der Waals surface area (Å²) < 4.78 is 59.0. The minimum atomic E-state index is -4.49. The van der Waals surface area contributed by atoms with Crippen molar-refractivity contribution in [1.82, 2.24) is 4.98 Å². The van der Waals surface area contributed by atoms with Gasteiger partial charge in [-0.05, 0) is 6.07 Å². The molecule has 9 heteroatoms. The lowest BCUT2D eigenvalue weighted by molar-refractivity contribution is 0.142. The molecule has 0 amide bonds. The molecule has 1 aromatic rings. The Bertz CT molecular complexity index is 491. The van der Waals surface area contributed by atoms with Crippen molar-refractivity contribution < 1.29 is 21.6 Å². The van der Waals surface area contributed by atoms with Crippen LogP contribution in [0.2, 0.25) is 5.15 Å². The van der Waals surface area contributed by atoms with E-state index in [1.807, 2.05) is 0 Å². The Morgan fingerprint density at radius 1 is 1.40 bits per heavy atom. The summed E-state index contributed by atoms with van der Waals surface area (Å²) in [5, 5.41) is -0.839. The maximum Gasteiger partial charge on any atom is 0.281 e. The monoisotopic (exact) mass is 279 g/mol. The lowest BCUT2D eigenvalue weighted by Crippen LogP contribution is -2.03. The summed E-state index contributed by atoms with van der Waals surface area (Å²) in [6.45, 7) is 0. The third-order valence-corrected chi connectivity index (χ3v) is 3.01. The van der Waals surface area contributed by atoms with E-state index in [1.165, 1.54) is 0 Å². The van der Waals surface area contributed by atoms with Gasteiger partial charge in [0.25, 0.3) is 15.5 Å². The fourth-order valence-corrected chi connectivity index (χ4v) is 1.96. The first-order chi connectivity index (χ1) is 6.73. The first-order valence-electron chi connectivity index (χ1n) is 3.32. The third kappa shape index (κ3) is 2.73. The molecule has 0 aliphatic carbocycles. The van der Waals surface area contributed by atoms with E-state index >= 15 is 0 Å². The highest BCUT2D eigenvalue weighted by Gasteiger charge is 2.25. The molecule has 0 fully saturated rings. The highest BCUT2D eigenvalue weighted by Crippen LogP contribution is 2.29. The molecule has 0 aliphatic heterocycles. The summed E-state index contributed by atoms with van der Waals surface area (Å²) >= 11 is 5.12. The van der Waals surface area contributed by atoms with Crippen molar-refractivity contribution in [3.8, 4) is 0 Å².